The van der Waals surface area contributed by atoms with Crippen LogP contribution in [0, 0.1) is 0 Å². The molecule has 1 saturated heterocycles. The molecule has 1 aliphatic heterocycles. The molecule has 3 rings (SSSR count). The number of nitrogens with zero attached hydrogens (tertiary/aromatic N) is 2. The Bertz CT molecular complexity index is 939. The molecule has 152 valence electrons. The maximum atomic E-state index is 12.9. The second-order valence-corrected chi connectivity index (χ2v) is 9.21. The topological polar surface area (TPSA) is 41.9 Å². The summed E-state index contributed by atoms with van der Waals surface area (Å²) in [6.07, 6.45) is 1.91. The van der Waals surface area contributed by atoms with Gasteiger partial charge in [-0.2, -0.15) is 0 Å². The third kappa shape index (κ3) is 5.52. The van der Waals surface area contributed by atoms with Gasteiger partial charge in [-0.1, -0.05) is 36.4 Å². The summed E-state index contributed by atoms with van der Waals surface area (Å²) >= 11 is 5.02. The van der Waals surface area contributed by atoms with Gasteiger partial charge in [0.15, 0.2) is 5.17 Å². The number of amidine groups is 1. The van der Waals surface area contributed by atoms with Crippen molar-refractivity contribution in [2.24, 2.45) is 4.99 Å². The molecule has 2 aromatic carbocycles. The van der Waals surface area contributed by atoms with Crippen LogP contribution >= 0.6 is 27.7 Å². The molecule has 1 heterocycles. The van der Waals surface area contributed by atoms with Crippen molar-refractivity contribution in [3.63, 3.8) is 0 Å². The predicted molar refractivity (Wildman–Crippen MR) is 125 cm³/mol. The number of amides is 1. The fraction of sp³-hybridized carbons (Fsp3) is 0.304. The zero-order valence-corrected chi connectivity index (χ0v) is 19.5. The number of benzene rings is 2. The van der Waals surface area contributed by atoms with E-state index in [0.29, 0.717) is 11.5 Å². The van der Waals surface area contributed by atoms with E-state index in [9.17, 15) is 4.79 Å². The number of carbonyl (C=O) groups is 1. The number of ether oxygens (including phenoxy) is 1. The fourth-order valence-electron chi connectivity index (χ4n) is 2.86. The molecule has 6 heteroatoms. The normalized spacial score (nSPS) is 17.2. The van der Waals surface area contributed by atoms with Crippen molar-refractivity contribution in [3.05, 3.63) is 69.0 Å². The molecule has 29 heavy (non-hydrogen) atoms. The van der Waals surface area contributed by atoms with Crippen LogP contribution in [0.3, 0.4) is 0 Å². The Morgan fingerprint density at radius 3 is 2.48 bits per heavy atom. The van der Waals surface area contributed by atoms with Crippen molar-refractivity contribution >= 4 is 44.8 Å². The molecular weight excluding hydrogens is 448 g/mol. The van der Waals surface area contributed by atoms with Gasteiger partial charge in [0.2, 0.25) is 0 Å². The smallest absolute Gasteiger partial charge is 0.266 e. The summed E-state index contributed by atoms with van der Waals surface area (Å²) in [6, 6.07) is 16.1. The van der Waals surface area contributed by atoms with Crippen LogP contribution in [0.15, 0.2) is 62.9 Å². The molecule has 0 N–H and O–H groups in total. The summed E-state index contributed by atoms with van der Waals surface area (Å²) in [7, 11) is 0. The SMILES string of the molecule is CC(C)N=C1S/C(=C/c2ccc(OCc3ccccc3)c(Br)c2)C(=O)N1C(C)C. The van der Waals surface area contributed by atoms with Crippen LogP contribution in [0.5, 0.6) is 5.75 Å². The van der Waals surface area contributed by atoms with Crippen molar-refractivity contribution in [1.29, 1.82) is 0 Å². The molecule has 1 amide bonds. The first-order chi connectivity index (χ1) is 13.8. The molecule has 4 nitrogen and oxygen atoms in total. The van der Waals surface area contributed by atoms with Gasteiger partial charge in [-0.15, -0.1) is 0 Å². The van der Waals surface area contributed by atoms with Crippen molar-refractivity contribution < 1.29 is 9.53 Å². The average Bonchev–Trinajstić information content (AvgIpc) is 2.96. The van der Waals surface area contributed by atoms with E-state index in [4.69, 9.17) is 4.74 Å². The Balaban J connectivity index is 1.78. The Hall–Kier alpha value is -2.05. The van der Waals surface area contributed by atoms with E-state index in [0.717, 1.165) is 26.5 Å². The van der Waals surface area contributed by atoms with E-state index in [1.807, 2.05) is 82.3 Å². The molecule has 2 aromatic rings. The molecule has 0 aliphatic carbocycles. The lowest BCUT2D eigenvalue weighted by Crippen LogP contribution is -2.35. The summed E-state index contributed by atoms with van der Waals surface area (Å²) in [4.78, 5) is 19.9. The average molecular weight is 473 g/mol. The van der Waals surface area contributed by atoms with Crippen molar-refractivity contribution in [2.45, 2.75) is 46.4 Å². The third-order valence-electron chi connectivity index (χ3n) is 4.21. The first-order valence-electron chi connectivity index (χ1n) is 9.62. The summed E-state index contributed by atoms with van der Waals surface area (Å²) in [5.74, 6) is 0.775. The van der Waals surface area contributed by atoms with Crippen LogP contribution in [-0.4, -0.2) is 28.1 Å². The predicted octanol–water partition coefficient (Wildman–Crippen LogP) is 6.12. The number of halogens is 1. The second-order valence-electron chi connectivity index (χ2n) is 7.35. The van der Waals surface area contributed by atoms with E-state index >= 15 is 0 Å². The molecule has 0 atom stereocenters. The van der Waals surface area contributed by atoms with Gasteiger partial charge in [0.05, 0.1) is 9.38 Å². The molecule has 0 saturated carbocycles. The van der Waals surface area contributed by atoms with E-state index in [1.54, 1.807) is 4.90 Å². The Morgan fingerprint density at radius 2 is 1.86 bits per heavy atom. The molecule has 0 radical (unpaired) electrons. The lowest BCUT2D eigenvalue weighted by atomic mass is 10.2. The Kier molecular flexibility index (Phi) is 7.19. The Morgan fingerprint density at radius 1 is 1.14 bits per heavy atom. The van der Waals surface area contributed by atoms with Crippen LogP contribution in [-0.2, 0) is 11.4 Å². The van der Waals surface area contributed by atoms with Crippen molar-refractivity contribution in [3.8, 4) is 5.75 Å². The first kappa shape index (κ1) is 21.7. The van der Waals surface area contributed by atoms with Gasteiger partial charge < -0.3 is 4.74 Å². The molecule has 1 fully saturated rings. The maximum absolute atomic E-state index is 12.9. The first-order valence-corrected chi connectivity index (χ1v) is 11.2. The highest BCUT2D eigenvalue weighted by Crippen LogP contribution is 2.35. The minimum atomic E-state index is 0.00456. The van der Waals surface area contributed by atoms with Gasteiger partial charge in [0.25, 0.3) is 5.91 Å². The summed E-state index contributed by atoms with van der Waals surface area (Å²) in [5.41, 5.74) is 2.05. The fourth-order valence-corrected chi connectivity index (χ4v) is 4.61. The van der Waals surface area contributed by atoms with E-state index in [-0.39, 0.29) is 18.0 Å². The zero-order valence-electron chi connectivity index (χ0n) is 17.1. The molecular formula is C23H25BrN2O2S. The lowest BCUT2D eigenvalue weighted by Gasteiger charge is -2.20. The molecule has 1 aliphatic rings. The van der Waals surface area contributed by atoms with Crippen LogP contribution in [0.1, 0.15) is 38.8 Å². The number of aliphatic imine (C=N–C) groups is 1. The largest absolute Gasteiger partial charge is 0.488 e. The molecule has 0 unspecified atom stereocenters. The summed E-state index contributed by atoms with van der Waals surface area (Å²) < 4.78 is 6.77. The van der Waals surface area contributed by atoms with Crippen molar-refractivity contribution in [2.75, 3.05) is 0 Å². The highest BCUT2D eigenvalue weighted by Gasteiger charge is 2.35. The highest BCUT2D eigenvalue weighted by molar-refractivity contribution is 9.10. The summed E-state index contributed by atoms with van der Waals surface area (Å²) in [5, 5.41) is 0.771. The van der Waals surface area contributed by atoms with Crippen molar-refractivity contribution in [1.82, 2.24) is 4.90 Å². The quantitative estimate of drug-likeness (QED) is 0.475. The standard InChI is InChI=1S/C23H25BrN2O2S/c1-15(2)25-23-26(16(3)4)22(27)21(29-23)13-18-10-11-20(19(24)12-18)28-14-17-8-6-5-7-9-17/h5-13,15-16H,14H2,1-4H3/b21-13+,25-23?. The number of carbonyl (C=O) groups excluding carboxylic acids is 1. The number of hydrogen-bond acceptors (Lipinski definition) is 4. The maximum Gasteiger partial charge on any atom is 0.266 e. The third-order valence-corrected chi connectivity index (χ3v) is 5.83. The minimum Gasteiger partial charge on any atom is -0.488 e. The summed E-state index contributed by atoms with van der Waals surface area (Å²) in [6.45, 7) is 8.55. The van der Waals surface area contributed by atoms with Crippen LogP contribution < -0.4 is 4.74 Å². The number of thioether (sulfide) groups is 1. The van der Waals surface area contributed by atoms with Crippen LogP contribution in [0.2, 0.25) is 0 Å². The zero-order chi connectivity index (χ0) is 21.0. The number of hydrogen-bond donors (Lipinski definition) is 0. The molecule has 0 aromatic heterocycles. The minimum absolute atomic E-state index is 0.00456. The Labute approximate surface area is 185 Å². The van der Waals surface area contributed by atoms with E-state index in [1.165, 1.54) is 11.8 Å². The van der Waals surface area contributed by atoms with Gasteiger partial charge in [-0.25, -0.2) is 0 Å². The van der Waals surface area contributed by atoms with Gasteiger partial charge in [-0.3, -0.25) is 14.7 Å². The van der Waals surface area contributed by atoms with Crippen LogP contribution in [0.25, 0.3) is 6.08 Å². The molecule has 0 spiro atoms. The second kappa shape index (κ2) is 9.63. The number of rotatable bonds is 6. The van der Waals surface area contributed by atoms with E-state index < -0.39 is 0 Å². The lowest BCUT2D eigenvalue weighted by molar-refractivity contribution is -0.123. The van der Waals surface area contributed by atoms with Gasteiger partial charge in [0.1, 0.15) is 12.4 Å². The van der Waals surface area contributed by atoms with Crippen LogP contribution in [0.4, 0.5) is 0 Å². The van der Waals surface area contributed by atoms with Gasteiger partial charge in [-0.05, 0) is 84.7 Å². The van der Waals surface area contributed by atoms with Gasteiger partial charge in [0, 0.05) is 12.1 Å². The van der Waals surface area contributed by atoms with Gasteiger partial charge >= 0.3 is 0 Å². The monoisotopic (exact) mass is 472 g/mol. The molecule has 0 bridgehead atoms. The van der Waals surface area contributed by atoms with E-state index in [2.05, 4.69) is 20.9 Å². The highest BCUT2D eigenvalue weighted by atomic mass is 79.9.